The molecular weight excluding hydrogens is 396 g/mol. The van der Waals surface area contributed by atoms with Crippen molar-refractivity contribution in [1.82, 2.24) is 19.8 Å². The number of carbonyl (C=O) groups excluding carboxylic acids is 1. The third kappa shape index (κ3) is 4.91. The second-order valence-corrected chi connectivity index (χ2v) is 8.79. The first-order valence-corrected chi connectivity index (χ1v) is 11.4. The molecule has 2 atom stereocenters. The van der Waals surface area contributed by atoms with Crippen LogP contribution in [0.5, 0.6) is 5.75 Å². The molecule has 1 unspecified atom stereocenters. The Balaban J connectivity index is 1.63. The van der Waals surface area contributed by atoms with Gasteiger partial charge in [0.1, 0.15) is 17.0 Å². The fraction of sp³-hybridized carbons (Fsp3) is 0.609. The molecule has 0 bridgehead atoms. The summed E-state index contributed by atoms with van der Waals surface area (Å²) < 4.78 is 6.91. The van der Waals surface area contributed by atoms with Gasteiger partial charge in [-0.1, -0.05) is 19.8 Å². The summed E-state index contributed by atoms with van der Waals surface area (Å²) in [7, 11) is 0. The molecule has 1 saturated carbocycles. The maximum Gasteiger partial charge on any atom is 0.268 e. The number of aromatic hydroxyl groups is 1. The van der Waals surface area contributed by atoms with E-state index in [4.69, 9.17) is 4.74 Å². The van der Waals surface area contributed by atoms with Crippen LogP contribution in [0.1, 0.15) is 49.4 Å². The highest BCUT2D eigenvalue weighted by atomic mass is 16.5. The van der Waals surface area contributed by atoms with Crippen molar-refractivity contribution in [3.05, 3.63) is 34.2 Å². The minimum Gasteiger partial charge on any atom is -0.506 e. The van der Waals surface area contributed by atoms with Crippen LogP contribution in [0.25, 0.3) is 11.0 Å². The monoisotopic (exact) mass is 428 g/mol. The quantitative estimate of drug-likeness (QED) is 0.709. The van der Waals surface area contributed by atoms with E-state index >= 15 is 0 Å². The topological polar surface area (TPSA) is 96.7 Å². The van der Waals surface area contributed by atoms with Crippen molar-refractivity contribution < 1.29 is 14.6 Å². The summed E-state index contributed by atoms with van der Waals surface area (Å²) >= 11 is 0. The van der Waals surface area contributed by atoms with Gasteiger partial charge in [-0.25, -0.2) is 4.98 Å². The Morgan fingerprint density at radius 1 is 1.23 bits per heavy atom. The molecule has 2 aromatic rings. The molecule has 2 fully saturated rings. The molecule has 0 aromatic carbocycles. The maximum atomic E-state index is 13.3. The lowest BCUT2D eigenvalue weighted by Crippen LogP contribution is -2.41. The van der Waals surface area contributed by atoms with Crippen LogP contribution in [-0.2, 0) is 11.3 Å². The Hall–Kier alpha value is -2.45. The van der Waals surface area contributed by atoms with Crippen LogP contribution in [0.2, 0.25) is 0 Å². The van der Waals surface area contributed by atoms with Crippen molar-refractivity contribution in [1.29, 1.82) is 0 Å². The second kappa shape index (κ2) is 9.78. The number of hydrogen-bond donors (Lipinski definition) is 2. The Morgan fingerprint density at radius 2 is 2.03 bits per heavy atom. The average molecular weight is 429 g/mol. The number of nitrogens with one attached hydrogen (secondary N) is 1. The molecule has 2 aromatic heterocycles. The first-order valence-electron chi connectivity index (χ1n) is 11.4. The van der Waals surface area contributed by atoms with E-state index in [2.05, 4.69) is 22.1 Å². The van der Waals surface area contributed by atoms with Gasteiger partial charge in [-0.2, -0.15) is 0 Å². The first kappa shape index (κ1) is 21.8. The minimum absolute atomic E-state index is 0.0302. The third-order valence-corrected chi connectivity index (χ3v) is 6.56. The van der Waals surface area contributed by atoms with E-state index in [0.717, 1.165) is 45.2 Å². The standard InChI is InChI=1S/C23H32N4O4/c1-16-4-2-5-17(8-7-16)25-22(29)19-20(28)18-6-3-9-24-21(18)27(23(19)30)11-10-26-12-14-31-15-13-26/h3,6,9,16-17,28H,2,4-5,7-8,10-15H2,1H3,(H,25,29)/t16-,17?/m1/s1. The number of ether oxygens (including phenoxy) is 1. The Morgan fingerprint density at radius 3 is 2.84 bits per heavy atom. The van der Waals surface area contributed by atoms with Gasteiger partial charge in [0.25, 0.3) is 11.5 Å². The molecule has 2 aliphatic rings. The van der Waals surface area contributed by atoms with Crippen molar-refractivity contribution in [3.8, 4) is 5.75 Å². The summed E-state index contributed by atoms with van der Waals surface area (Å²) in [6.07, 6.45) is 6.67. The zero-order valence-corrected chi connectivity index (χ0v) is 18.2. The smallest absolute Gasteiger partial charge is 0.268 e. The molecule has 1 amide bonds. The molecule has 8 nitrogen and oxygen atoms in total. The second-order valence-electron chi connectivity index (χ2n) is 8.79. The molecule has 0 spiro atoms. The van der Waals surface area contributed by atoms with Gasteiger partial charge in [0.15, 0.2) is 0 Å². The predicted octanol–water partition coefficient (Wildman–Crippen LogP) is 2.13. The Labute approximate surface area is 182 Å². The SMILES string of the molecule is C[C@@H]1CCCC(NC(=O)c2c(O)c3cccnc3n(CCN3CCOCC3)c2=O)CC1. The van der Waals surface area contributed by atoms with Crippen molar-refractivity contribution in [2.45, 2.75) is 51.6 Å². The molecule has 3 heterocycles. The lowest BCUT2D eigenvalue weighted by molar-refractivity contribution is 0.0364. The molecule has 8 heteroatoms. The van der Waals surface area contributed by atoms with E-state index in [1.54, 1.807) is 18.3 Å². The number of carbonyl (C=O) groups is 1. The number of nitrogens with zero attached hydrogens (tertiary/aromatic N) is 3. The summed E-state index contributed by atoms with van der Waals surface area (Å²) in [5.41, 5.74) is -0.269. The van der Waals surface area contributed by atoms with E-state index in [1.807, 2.05) is 0 Å². The van der Waals surface area contributed by atoms with E-state index in [9.17, 15) is 14.7 Å². The van der Waals surface area contributed by atoms with Gasteiger partial charge >= 0.3 is 0 Å². The zero-order valence-electron chi connectivity index (χ0n) is 18.2. The number of hydrogen-bond acceptors (Lipinski definition) is 6. The summed E-state index contributed by atoms with van der Waals surface area (Å²) in [4.78, 5) is 33.0. The fourth-order valence-electron chi connectivity index (χ4n) is 4.63. The number of aromatic nitrogens is 2. The maximum absolute atomic E-state index is 13.3. The highest BCUT2D eigenvalue weighted by molar-refractivity contribution is 6.01. The van der Waals surface area contributed by atoms with Crippen LogP contribution in [0.3, 0.4) is 0 Å². The summed E-state index contributed by atoms with van der Waals surface area (Å²) in [6, 6.07) is 3.43. The van der Waals surface area contributed by atoms with Gasteiger partial charge in [0.05, 0.1) is 18.6 Å². The van der Waals surface area contributed by atoms with Crippen molar-refractivity contribution in [3.63, 3.8) is 0 Å². The summed E-state index contributed by atoms with van der Waals surface area (Å²) in [6.45, 7) is 6.26. The molecule has 4 rings (SSSR count). The minimum atomic E-state index is -0.493. The number of amides is 1. The van der Waals surface area contributed by atoms with Crippen molar-refractivity contribution >= 4 is 16.9 Å². The zero-order chi connectivity index (χ0) is 21.8. The average Bonchev–Trinajstić information content (AvgIpc) is 2.98. The van der Waals surface area contributed by atoms with E-state index in [1.165, 1.54) is 4.57 Å². The molecule has 0 radical (unpaired) electrons. The Bertz CT molecular complexity index is 983. The number of pyridine rings is 2. The molecule has 2 N–H and O–H groups in total. The predicted molar refractivity (Wildman–Crippen MR) is 118 cm³/mol. The largest absolute Gasteiger partial charge is 0.506 e. The van der Waals surface area contributed by atoms with Gasteiger partial charge in [0.2, 0.25) is 0 Å². The summed E-state index contributed by atoms with van der Waals surface area (Å²) in [5.74, 6) is -0.123. The van der Waals surface area contributed by atoms with E-state index < -0.39 is 11.5 Å². The first-order chi connectivity index (χ1) is 15.0. The van der Waals surface area contributed by atoms with Gasteiger partial charge in [0, 0.05) is 38.4 Å². The molecule has 1 aliphatic carbocycles. The number of rotatable bonds is 5. The molecule has 1 aliphatic heterocycles. The van der Waals surface area contributed by atoms with Gasteiger partial charge in [-0.05, 0) is 37.3 Å². The molecule has 31 heavy (non-hydrogen) atoms. The van der Waals surface area contributed by atoms with Crippen LogP contribution in [0.4, 0.5) is 0 Å². The van der Waals surface area contributed by atoms with E-state index in [0.29, 0.717) is 43.3 Å². The summed E-state index contributed by atoms with van der Waals surface area (Å²) in [5, 5.41) is 14.3. The van der Waals surface area contributed by atoms with Crippen molar-refractivity contribution in [2.75, 3.05) is 32.8 Å². The van der Waals surface area contributed by atoms with Crippen LogP contribution in [-0.4, -0.2) is 64.4 Å². The van der Waals surface area contributed by atoms with Gasteiger partial charge in [-0.15, -0.1) is 0 Å². The molecular formula is C23H32N4O4. The lowest BCUT2D eigenvalue weighted by atomic mass is 10.0. The van der Waals surface area contributed by atoms with Crippen molar-refractivity contribution in [2.24, 2.45) is 5.92 Å². The van der Waals surface area contributed by atoms with E-state index in [-0.39, 0.29) is 17.4 Å². The molecule has 168 valence electrons. The van der Waals surface area contributed by atoms with Gasteiger partial charge < -0.3 is 15.2 Å². The number of morpholine rings is 1. The van der Waals surface area contributed by atoms with Crippen LogP contribution in [0.15, 0.2) is 23.1 Å². The third-order valence-electron chi connectivity index (χ3n) is 6.56. The highest BCUT2D eigenvalue weighted by Crippen LogP contribution is 2.26. The van der Waals surface area contributed by atoms with Crippen LogP contribution in [0, 0.1) is 5.92 Å². The van der Waals surface area contributed by atoms with Gasteiger partial charge in [-0.3, -0.25) is 19.1 Å². The lowest BCUT2D eigenvalue weighted by Gasteiger charge is -2.27. The number of fused-ring (bicyclic) bond motifs is 1. The van der Waals surface area contributed by atoms with Crippen LogP contribution < -0.4 is 10.9 Å². The Kier molecular flexibility index (Phi) is 6.87. The highest BCUT2D eigenvalue weighted by Gasteiger charge is 2.26. The molecule has 1 saturated heterocycles. The normalized spacial score (nSPS) is 22.9. The van der Waals surface area contributed by atoms with Crippen LogP contribution >= 0.6 is 0 Å². The fourth-order valence-corrected chi connectivity index (χ4v) is 4.63.